The van der Waals surface area contributed by atoms with Crippen molar-refractivity contribution in [3.63, 3.8) is 0 Å². The minimum Gasteiger partial charge on any atom is -0.298 e. The highest BCUT2D eigenvalue weighted by Crippen LogP contribution is 2.30. The summed E-state index contributed by atoms with van der Waals surface area (Å²) in [4.78, 5) is 11.1. The average molecular weight is 250 g/mol. The summed E-state index contributed by atoms with van der Waals surface area (Å²) in [6.07, 6.45) is 0.845. The molecule has 19 heavy (non-hydrogen) atoms. The first-order valence-corrected chi connectivity index (χ1v) is 6.02. The molecule has 3 aromatic carbocycles. The normalized spacial score (nSPS) is 10.6. The van der Waals surface area contributed by atoms with E-state index in [0.717, 1.165) is 28.2 Å². The van der Waals surface area contributed by atoms with Crippen molar-refractivity contribution >= 4 is 17.1 Å². The van der Waals surface area contributed by atoms with Crippen molar-refractivity contribution in [2.75, 3.05) is 0 Å². The predicted molar refractivity (Wildman–Crippen MR) is 74.7 cm³/mol. The first-order chi connectivity index (χ1) is 9.29. The lowest BCUT2D eigenvalue weighted by atomic mass is 9.95. The first kappa shape index (κ1) is 11.6. The van der Waals surface area contributed by atoms with Gasteiger partial charge in [-0.15, -0.1) is 0 Å². The standard InChI is InChI=1S/C17H11FO/c18-14-5-3-4-12(10-14)16-9-8-13(11-19)15-6-1-2-7-17(15)16/h1-11H. The molecule has 92 valence electrons. The van der Waals surface area contributed by atoms with E-state index in [4.69, 9.17) is 0 Å². The van der Waals surface area contributed by atoms with Gasteiger partial charge in [0.15, 0.2) is 6.29 Å². The summed E-state index contributed by atoms with van der Waals surface area (Å²) in [6.45, 7) is 0. The Hall–Kier alpha value is -2.48. The Morgan fingerprint density at radius 2 is 1.63 bits per heavy atom. The highest BCUT2D eigenvalue weighted by atomic mass is 19.1. The maximum Gasteiger partial charge on any atom is 0.150 e. The average Bonchev–Trinajstić information content (AvgIpc) is 2.46. The van der Waals surface area contributed by atoms with Gasteiger partial charge in [0.05, 0.1) is 0 Å². The van der Waals surface area contributed by atoms with Crippen LogP contribution in [0.15, 0.2) is 60.7 Å². The molecular weight excluding hydrogens is 239 g/mol. The second-order valence-corrected chi connectivity index (χ2v) is 4.38. The fourth-order valence-corrected chi connectivity index (χ4v) is 2.33. The lowest BCUT2D eigenvalue weighted by Crippen LogP contribution is -1.87. The Morgan fingerprint density at radius 1 is 0.842 bits per heavy atom. The molecule has 0 unspecified atom stereocenters. The maximum atomic E-state index is 13.3. The molecule has 0 aromatic heterocycles. The molecule has 0 amide bonds. The van der Waals surface area contributed by atoms with E-state index in [1.807, 2.05) is 36.4 Å². The Kier molecular flexibility index (Phi) is 2.84. The van der Waals surface area contributed by atoms with Gasteiger partial charge in [0, 0.05) is 5.56 Å². The van der Waals surface area contributed by atoms with Gasteiger partial charge >= 0.3 is 0 Å². The van der Waals surface area contributed by atoms with Crippen molar-refractivity contribution < 1.29 is 9.18 Å². The molecule has 0 radical (unpaired) electrons. The van der Waals surface area contributed by atoms with Crippen LogP contribution in [0.3, 0.4) is 0 Å². The maximum absolute atomic E-state index is 13.3. The summed E-state index contributed by atoms with van der Waals surface area (Å²) in [7, 11) is 0. The number of aldehydes is 1. The Bertz CT molecular complexity index is 762. The molecule has 0 atom stereocenters. The quantitative estimate of drug-likeness (QED) is 0.614. The Morgan fingerprint density at radius 3 is 2.37 bits per heavy atom. The van der Waals surface area contributed by atoms with Crippen LogP contribution >= 0.6 is 0 Å². The van der Waals surface area contributed by atoms with Crippen molar-refractivity contribution in [3.8, 4) is 11.1 Å². The van der Waals surface area contributed by atoms with Gasteiger partial charge < -0.3 is 0 Å². The minimum atomic E-state index is -0.263. The minimum absolute atomic E-state index is 0.263. The van der Waals surface area contributed by atoms with Crippen LogP contribution in [0.1, 0.15) is 10.4 Å². The molecule has 2 heteroatoms. The highest BCUT2D eigenvalue weighted by Gasteiger charge is 2.07. The molecule has 0 N–H and O–H groups in total. The number of halogens is 1. The lowest BCUT2D eigenvalue weighted by molar-refractivity contribution is 0.112. The molecule has 0 bridgehead atoms. The van der Waals surface area contributed by atoms with Gasteiger partial charge in [-0.3, -0.25) is 4.79 Å². The molecule has 0 saturated carbocycles. The van der Waals surface area contributed by atoms with Gasteiger partial charge in [-0.25, -0.2) is 4.39 Å². The Labute approximate surface area is 110 Å². The molecule has 0 saturated heterocycles. The summed E-state index contributed by atoms with van der Waals surface area (Å²) >= 11 is 0. The number of fused-ring (bicyclic) bond motifs is 1. The zero-order valence-electron chi connectivity index (χ0n) is 10.1. The van der Waals surface area contributed by atoms with Gasteiger partial charge in [0.25, 0.3) is 0 Å². The lowest BCUT2D eigenvalue weighted by Gasteiger charge is -2.08. The number of hydrogen-bond donors (Lipinski definition) is 0. The van der Waals surface area contributed by atoms with Crippen LogP contribution in [0, 0.1) is 5.82 Å². The van der Waals surface area contributed by atoms with Gasteiger partial charge in [-0.2, -0.15) is 0 Å². The van der Waals surface area contributed by atoms with Crippen molar-refractivity contribution in [3.05, 3.63) is 72.0 Å². The van der Waals surface area contributed by atoms with Crippen LogP contribution in [-0.4, -0.2) is 6.29 Å². The second-order valence-electron chi connectivity index (χ2n) is 4.38. The van der Waals surface area contributed by atoms with Crippen LogP contribution in [0.25, 0.3) is 21.9 Å². The van der Waals surface area contributed by atoms with Crippen LogP contribution in [0.2, 0.25) is 0 Å². The zero-order valence-corrected chi connectivity index (χ0v) is 10.1. The van der Waals surface area contributed by atoms with E-state index >= 15 is 0 Å². The molecule has 3 aromatic rings. The summed E-state index contributed by atoms with van der Waals surface area (Å²) < 4.78 is 13.3. The van der Waals surface area contributed by atoms with Crippen LogP contribution in [0.4, 0.5) is 4.39 Å². The monoisotopic (exact) mass is 250 g/mol. The van der Waals surface area contributed by atoms with E-state index in [2.05, 4.69) is 0 Å². The number of hydrogen-bond acceptors (Lipinski definition) is 1. The van der Waals surface area contributed by atoms with Crippen LogP contribution in [-0.2, 0) is 0 Å². The van der Waals surface area contributed by atoms with Gasteiger partial charge in [-0.1, -0.05) is 48.5 Å². The van der Waals surface area contributed by atoms with Gasteiger partial charge in [0.1, 0.15) is 5.82 Å². The Balaban J connectivity index is 2.34. The molecule has 0 aliphatic heterocycles. The summed E-state index contributed by atoms with van der Waals surface area (Å²) in [5.74, 6) is -0.263. The number of carbonyl (C=O) groups is 1. The van der Waals surface area contributed by atoms with E-state index in [9.17, 15) is 9.18 Å². The van der Waals surface area contributed by atoms with E-state index < -0.39 is 0 Å². The van der Waals surface area contributed by atoms with Crippen LogP contribution < -0.4 is 0 Å². The molecule has 3 rings (SSSR count). The fraction of sp³-hybridized carbons (Fsp3) is 0. The predicted octanol–water partition coefficient (Wildman–Crippen LogP) is 4.46. The van der Waals surface area contributed by atoms with Crippen molar-refractivity contribution in [2.24, 2.45) is 0 Å². The van der Waals surface area contributed by atoms with Gasteiger partial charge in [0.2, 0.25) is 0 Å². The number of benzene rings is 3. The third-order valence-corrected chi connectivity index (χ3v) is 3.22. The second kappa shape index (κ2) is 4.65. The van der Waals surface area contributed by atoms with Crippen molar-refractivity contribution in [1.29, 1.82) is 0 Å². The molecule has 0 spiro atoms. The number of rotatable bonds is 2. The van der Waals surface area contributed by atoms with Crippen molar-refractivity contribution in [1.82, 2.24) is 0 Å². The first-order valence-electron chi connectivity index (χ1n) is 6.02. The highest BCUT2D eigenvalue weighted by molar-refractivity contribution is 6.05. The smallest absolute Gasteiger partial charge is 0.150 e. The topological polar surface area (TPSA) is 17.1 Å². The van der Waals surface area contributed by atoms with Crippen molar-refractivity contribution in [2.45, 2.75) is 0 Å². The SMILES string of the molecule is O=Cc1ccc(-c2cccc(F)c2)c2ccccc12. The molecule has 0 fully saturated rings. The van der Waals surface area contributed by atoms with E-state index in [1.165, 1.54) is 12.1 Å². The van der Waals surface area contributed by atoms with Crippen LogP contribution in [0.5, 0.6) is 0 Å². The molecule has 0 heterocycles. The third kappa shape index (κ3) is 2.02. The molecule has 0 aliphatic carbocycles. The summed E-state index contributed by atoms with van der Waals surface area (Å²) in [6, 6.07) is 17.8. The largest absolute Gasteiger partial charge is 0.298 e. The summed E-state index contributed by atoms with van der Waals surface area (Å²) in [5.41, 5.74) is 2.39. The van der Waals surface area contributed by atoms with E-state index in [0.29, 0.717) is 5.56 Å². The summed E-state index contributed by atoms with van der Waals surface area (Å²) in [5, 5.41) is 1.84. The fourth-order valence-electron chi connectivity index (χ4n) is 2.33. The molecule has 0 aliphatic rings. The third-order valence-electron chi connectivity index (χ3n) is 3.22. The van der Waals surface area contributed by atoms with Gasteiger partial charge in [-0.05, 0) is 34.0 Å². The zero-order chi connectivity index (χ0) is 13.2. The van der Waals surface area contributed by atoms with E-state index in [-0.39, 0.29) is 5.82 Å². The number of carbonyl (C=O) groups excluding carboxylic acids is 1. The van der Waals surface area contributed by atoms with E-state index in [1.54, 1.807) is 12.1 Å². The molecule has 1 nitrogen and oxygen atoms in total. The molecular formula is C17H11FO.